The van der Waals surface area contributed by atoms with Crippen LogP contribution in [0, 0.1) is 11.8 Å². The number of hydrogen-bond donors (Lipinski definition) is 1. The van der Waals surface area contributed by atoms with E-state index < -0.39 is 17.8 Å². The van der Waals surface area contributed by atoms with E-state index in [2.05, 4.69) is 0 Å². The van der Waals surface area contributed by atoms with Gasteiger partial charge in [-0.25, -0.2) is 0 Å². The fourth-order valence-corrected chi connectivity index (χ4v) is 3.58. The van der Waals surface area contributed by atoms with E-state index in [-0.39, 0.29) is 5.91 Å². The highest BCUT2D eigenvalue weighted by molar-refractivity contribution is 5.99. The number of carbonyl (C=O) groups excluding carboxylic acids is 1. The number of fused-ring (bicyclic) bond motifs is 1. The van der Waals surface area contributed by atoms with Crippen molar-refractivity contribution in [2.24, 2.45) is 11.8 Å². The monoisotopic (exact) mass is 299 g/mol. The Morgan fingerprint density at radius 3 is 2.41 bits per heavy atom. The lowest BCUT2D eigenvalue weighted by Crippen LogP contribution is -2.42. The minimum Gasteiger partial charge on any atom is -0.481 e. The van der Waals surface area contributed by atoms with Crippen LogP contribution in [0.15, 0.2) is 35.4 Å². The summed E-state index contributed by atoms with van der Waals surface area (Å²) >= 11 is 0. The Hall–Kier alpha value is -2.10. The fraction of sp³-hybridized carbons (Fsp3) is 0.444. The van der Waals surface area contributed by atoms with Crippen molar-refractivity contribution in [1.29, 1.82) is 0 Å². The molecule has 22 heavy (non-hydrogen) atoms. The van der Waals surface area contributed by atoms with Crippen molar-refractivity contribution in [3.8, 4) is 0 Å². The Morgan fingerprint density at radius 2 is 1.73 bits per heavy atom. The van der Waals surface area contributed by atoms with Crippen LogP contribution in [-0.4, -0.2) is 23.5 Å². The summed E-state index contributed by atoms with van der Waals surface area (Å²) in [6, 6.07) is 7.89. The average Bonchev–Trinajstić information content (AvgIpc) is 2.92. The van der Waals surface area contributed by atoms with Gasteiger partial charge in [0, 0.05) is 12.2 Å². The molecule has 0 spiro atoms. The smallest absolute Gasteiger partial charge is 0.307 e. The largest absolute Gasteiger partial charge is 0.481 e. The molecule has 4 nitrogen and oxygen atoms in total. The van der Waals surface area contributed by atoms with E-state index in [1.807, 2.05) is 38.1 Å². The average molecular weight is 299 g/mol. The van der Waals surface area contributed by atoms with Crippen LogP contribution in [0.2, 0.25) is 0 Å². The number of amides is 1. The number of aliphatic carboxylic acids is 1. The second kappa shape index (κ2) is 5.59. The van der Waals surface area contributed by atoms with Crippen LogP contribution >= 0.6 is 0 Å². The molecular formula is C18H21NO3. The maximum atomic E-state index is 13.0. The van der Waals surface area contributed by atoms with Gasteiger partial charge in [0.2, 0.25) is 5.91 Å². The lowest BCUT2D eigenvalue weighted by Gasteiger charge is -2.32. The molecule has 1 aromatic carbocycles. The van der Waals surface area contributed by atoms with Crippen LogP contribution in [0.4, 0.5) is 5.69 Å². The van der Waals surface area contributed by atoms with E-state index in [0.29, 0.717) is 19.4 Å². The first-order valence-electron chi connectivity index (χ1n) is 7.76. The van der Waals surface area contributed by atoms with Crippen molar-refractivity contribution in [2.75, 3.05) is 11.4 Å². The zero-order valence-corrected chi connectivity index (χ0v) is 13.0. The number of anilines is 1. The maximum Gasteiger partial charge on any atom is 0.307 e. The molecule has 4 heteroatoms. The first-order valence-corrected chi connectivity index (χ1v) is 7.76. The molecule has 1 N–H and O–H groups in total. The summed E-state index contributed by atoms with van der Waals surface area (Å²) in [5.74, 6) is -1.96. The molecule has 116 valence electrons. The summed E-state index contributed by atoms with van der Waals surface area (Å²) in [5.41, 5.74) is 4.38. The van der Waals surface area contributed by atoms with E-state index in [1.165, 1.54) is 5.56 Å². The number of allylic oxidation sites excluding steroid dienone is 2. The van der Waals surface area contributed by atoms with Crippen LogP contribution in [0.25, 0.3) is 0 Å². The van der Waals surface area contributed by atoms with Crippen LogP contribution in [0.5, 0.6) is 0 Å². The van der Waals surface area contributed by atoms with Crippen molar-refractivity contribution < 1.29 is 14.7 Å². The molecule has 0 saturated heterocycles. The van der Waals surface area contributed by atoms with Gasteiger partial charge in [0.05, 0.1) is 11.8 Å². The number of carboxylic acid groups (broad SMARTS) is 1. The molecule has 2 aliphatic rings. The Kier molecular flexibility index (Phi) is 3.77. The second-order valence-electron chi connectivity index (χ2n) is 6.39. The van der Waals surface area contributed by atoms with Crippen molar-refractivity contribution in [1.82, 2.24) is 0 Å². The lowest BCUT2D eigenvalue weighted by molar-refractivity contribution is -0.147. The van der Waals surface area contributed by atoms with Gasteiger partial charge in [-0.1, -0.05) is 29.3 Å². The molecule has 1 aliphatic carbocycles. The number of para-hydroxylation sites is 1. The predicted octanol–water partition coefficient (Wildman–Crippen LogP) is 3.02. The summed E-state index contributed by atoms with van der Waals surface area (Å²) in [6.45, 7) is 4.63. The van der Waals surface area contributed by atoms with Crippen molar-refractivity contribution >= 4 is 17.6 Å². The van der Waals surface area contributed by atoms with E-state index in [9.17, 15) is 14.7 Å². The van der Waals surface area contributed by atoms with E-state index >= 15 is 0 Å². The normalized spacial score (nSPS) is 24.4. The zero-order valence-electron chi connectivity index (χ0n) is 13.0. The van der Waals surface area contributed by atoms with Gasteiger partial charge in [0.1, 0.15) is 0 Å². The highest BCUT2D eigenvalue weighted by Gasteiger charge is 2.40. The number of carbonyl (C=O) groups is 2. The van der Waals surface area contributed by atoms with Crippen molar-refractivity contribution in [2.45, 2.75) is 33.1 Å². The third kappa shape index (κ3) is 2.43. The number of hydrogen-bond acceptors (Lipinski definition) is 2. The molecule has 0 bridgehead atoms. The van der Waals surface area contributed by atoms with Crippen LogP contribution in [-0.2, 0) is 16.0 Å². The molecule has 1 amide bonds. The Bertz CT molecular complexity index is 662. The van der Waals surface area contributed by atoms with Gasteiger partial charge in [0.15, 0.2) is 0 Å². The third-order valence-electron chi connectivity index (χ3n) is 5.05. The standard InChI is InChI=1S/C18H21NO3/c1-11-9-14(15(18(21)22)10-12(11)2)17(20)19-8-7-13-5-3-4-6-16(13)19/h3-6,14-15H,7-10H2,1-2H3,(H,21,22)/t14-,15+/m0/s1. The molecular weight excluding hydrogens is 278 g/mol. The molecule has 3 rings (SSSR count). The fourth-order valence-electron chi connectivity index (χ4n) is 3.58. The van der Waals surface area contributed by atoms with Crippen molar-refractivity contribution in [3.63, 3.8) is 0 Å². The molecule has 0 aromatic heterocycles. The highest BCUT2D eigenvalue weighted by Crippen LogP contribution is 2.38. The summed E-state index contributed by atoms with van der Waals surface area (Å²) in [7, 11) is 0. The van der Waals surface area contributed by atoms with Gasteiger partial charge in [-0.2, -0.15) is 0 Å². The molecule has 1 heterocycles. The SMILES string of the molecule is CC1=C(C)C[C@@H](C(=O)O)[C@@H](C(=O)N2CCc3ccccc32)C1. The summed E-state index contributed by atoms with van der Waals surface area (Å²) in [4.78, 5) is 26.3. The molecule has 2 atom stereocenters. The molecule has 1 aliphatic heterocycles. The minimum atomic E-state index is -0.863. The second-order valence-corrected chi connectivity index (χ2v) is 6.39. The van der Waals surface area contributed by atoms with Gasteiger partial charge in [-0.3, -0.25) is 9.59 Å². The van der Waals surface area contributed by atoms with Gasteiger partial charge in [-0.05, 0) is 44.7 Å². The van der Waals surface area contributed by atoms with Crippen LogP contribution in [0.1, 0.15) is 32.3 Å². The Balaban J connectivity index is 1.90. The lowest BCUT2D eigenvalue weighted by atomic mass is 9.76. The quantitative estimate of drug-likeness (QED) is 0.854. The molecule has 1 aromatic rings. The van der Waals surface area contributed by atoms with Gasteiger partial charge >= 0.3 is 5.97 Å². The molecule has 0 saturated carbocycles. The van der Waals surface area contributed by atoms with E-state index in [1.54, 1.807) is 4.90 Å². The van der Waals surface area contributed by atoms with Crippen LogP contribution < -0.4 is 4.90 Å². The maximum absolute atomic E-state index is 13.0. The molecule has 0 unspecified atom stereocenters. The predicted molar refractivity (Wildman–Crippen MR) is 84.7 cm³/mol. The van der Waals surface area contributed by atoms with E-state index in [0.717, 1.165) is 23.3 Å². The zero-order chi connectivity index (χ0) is 15.9. The number of carboxylic acids is 1. The first kappa shape index (κ1) is 14.8. The molecule has 0 fully saturated rings. The molecule has 0 radical (unpaired) electrons. The third-order valence-corrected chi connectivity index (χ3v) is 5.05. The van der Waals surface area contributed by atoms with E-state index in [4.69, 9.17) is 0 Å². The minimum absolute atomic E-state index is 0.0378. The van der Waals surface area contributed by atoms with Gasteiger partial charge in [0.25, 0.3) is 0 Å². The highest BCUT2D eigenvalue weighted by atomic mass is 16.4. The summed E-state index contributed by atoms with van der Waals surface area (Å²) in [5, 5.41) is 9.51. The van der Waals surface area contributed by atoms with Crippen molar-refractivity contribution in [3.05, 3.63) is 41.0 Å². The van der Waals surface area contributed by atoms with Gasteiger partial charge < -0.3 is 10.0 Å². The van der Waals surface area contributed by atoms with Crippen LogP contribution in [0.3, 0.4) is 0 Å². The number of benzene rings is 1. The topological polar surface area (TPSA) is 57.6 Å². The Labute approximate surface area is 130 Å². The first-order chi connectivity index (χ1) is 10.5. The summed E-state index contributed by atoms with van der Waals surface area (Å²) in [6.07, 6.45) is 1.88. The number of nitrogens with zero attached hydrogens (tertiary/aromatic N) is 1. The Morgan fingerprint density at radius 1 is 1.09 bits per heavy atom. The summed E-state index contributed by atoms with van der Waals surface area (Å²) < 4.78 is 0. The van der Waals surface area contributed by atoms with Gasteiger partial charge in [-0.15, -0.1) is 0 Å². The number of rotatable bonds is 2.